The lowest BCUT2D eigenvalue weighted by Gasteiger charge is -2.19. The van der Waals surface area contributed by atoms with Gasteiger partial charge in [0.1, 0.15) is 5.82 Å². The summed E-state index contributed by atoms with van der Waals surface area (Å²) in [6.45, 7) is 1.80. The minimum atomic E-state index is -4.13. The van der Waals surface area contributed by atoms with Crippen LogP contribution in [0, 0.1) is 12.7 Å². The molecular weight excluding hydrogens is 408 g/mol. The summed E-state index contributed by atoms with van der Waals surface area (Å²) in [5.74, 6) is -0.562. The molecule has 0 radical (unpaired) electrons. The van der Waals surface area contributed by atoms with Crippen LogP contribution in [0.15, 0.2) is 53.4 Å². The van der Waals surface area contributed by atoms with Crippen molar-refractivity contribution in [2.24, 2.45) is 0 Å². The highest BCUT2D eigenvalue weighted by atomic mass is 32.2. The Kier molecular flexibility index (Phi) is 7.01. The van der Waals surface area contributed by atoms with Crippen molar-refractivity contribution in [1.29, 1.82) is 0 Å². The van der Waals surface area contributed by atoms with Crippen LogP contribution in [0.25, 0.3) is 5.53 Å². The Hall–Kier alpha value is -2.19. The smallest absolute Gasteiger partial charge is 0.361 e. The molecule has 2 aromatic carbocycles. The molecule has 0 fully saturated rings. The Morgan fingerprint density at radius 3 is 2.11 bits per heavy atom. The molecule has 0 aromatic heterocycles. The molecule has 1 N–H and O–H groups in total. The molecule has 0 heterocycles. The fraction of sp³-hybridized carbons (Fsp3) is 0.235. The van der Waals surface area contributed by atoms with E-state index in [0.29, 0.717) is 0 Å². The highest BCUT2D eigenvalue weighted by Gasteiger charge is 2.46. The van der Waals surface area contributed by atoms with Gasteiger partial charge < -0.3 is 14.6 Å². The monoisotopic (exact) mass is 427 g/mol. The van der Waals surface area contributed by atoms with Crippen molar-refractivity contribution in [3.8, 4) is 0 Å². The van der Waals surface area contributed by atoms with Crippen LogP contribution in [0.5, 0.6) is 0 Å². The minimum absolute atomic E-state index is 0.0628. The van der Waals surface area contributed by atoms with E-state index in [1.165, 1.54) is 24.3 Å². The molecule has 0 aliphatic carbocycles. The van der Waals surface area contributed by atoms with Crippen LogP contribution in [0.2, 0.25) is 0 Å². The van der Waals surface area contributed by atoms with E-state index in [9.17, 15) is 22.9 Å². The lowest BCUT2D eigenvalue weighted by Crippen LogP contribution is -2.34. The molecule has 1 atom stereocenters. The second-order valence-corrected chi connectivity index (χ2v) is 9.64. The molecule has 0 saturated heterocycles. The fourth-order valence-electron chi connectivity index (χ4n) is 2.40. The van der Waals surface area contributed by atoms with E-state index in [4.69, 9.17) is 9.05 Å². The highest BCUT2D eigenvalue weighted by molar-refractivity contribution is 7.89. The topological polar surface area (TPSA) is 118 Å². The molecular formula is C17H19FN3O5PS. The van der Waals surface area contributed by atoms with E-state index < -0.39 is 34.9 Å². The van der Waals surface area contributed by atoms with Gasteiger partial charge in [0, 0.05) is 14.2 Å². The Balaban J connectivity index is 2.58. The first-order valence-corrected chi connectivity index (χ1v) is 11.0. The first-order valence-electron chi connectivity index (χ1n) is 7.95. The summed E-state index contributed by atoms with van der Waals surface area (Å²) in [5.41, 5.74) is 9.89. The van der Waals surface area contributed by atoms with Gasteiger partial charge in [0.05, 0.1) is 4.90 Å². The number of halogens is 1. The first-order chi connectivity index (χ1) is 13.2. The van der Waals surface area contributed by atoms with E-state index in [2.05, 4.69) is 9.51 Å². The summed E-state index contributed by atoms with van der Waals surface area (Å²) < 4.78 is 63.7. The molecule has 0 spiro atoms. The van der Waals surface area contributed by atoms with Crippen LogP contribution in [-0.2, 0) is 23.6 Å². The molecule has 0 aliphatic rings. The van der Waals surface area contributed by atoms with Gasteiger partial charge in [-0.2, -0.15) is 9.51 Å². The van der Waals surface area contributed by atoms with Crippen molar-refractivity contribution in [3.05, 3.63) is 71.0 Å². The molecule has 0 saturated carbocycles. The number of rotatable bonds is 8. The molecule has 8 nitrogen and oxygen atoms in total. The van der Waals surface area contributed by atoms with Gasteiger partial charge in [0.2, 0.25) is 10.0 Å². The maximum Gasteiger partial charge on any atom is 0.439 e. The Morgan fingerprint density at radius 2 is 1.64 bits per heavy atom. The van der Waals surface area contributed by atoms with Crippen molar-refractivity contribution >= 4 is 23.1 Å². The normalized spacial score (nSPS) is 13.0. The van der Waals surface area contributed by atoms with Gasteiger partial charge in [-0.1, -0.05) is 29.8 Å². The standard InChI is InChI=1S/C17H19FN3O5PS/c1-12-4-10-15(11-5-12)28(23,24)21-16(13-6-8-14(18)9-7-13)17(20-19)27(22,25-2)26-3/h4-11,16,21H,1-3H3. The molecule has 0 aliphatic heterocycles. The summed E-state index contributed by atoms with van der Waals surface area (Å²) in [5, 5.41) is 0. The summed E-state index contributed by atoms with van der Waals surface area (Å²) in [4.78, 5) is 2.91. The van der Waals surface area contributed by atoms with E-state index >= 15 is 0 Å². The van der Waals surface area contributed by atoms with Crippen molar-refractivity contribution in [3.63, 3.8) is 0 Å². The second-order valence-electron chi connectivity index (χ2n) is 5.74. The number of hydrogen-bond donors (Lipinski definition) is 1. The molecule has 0 amide bonds. The predicted octanol–water partition coefficient (Wildman–Crippen LogP) is 3.27. The zero-order chi connectivity index (χ0) is 20.9. The lowest BCUT2D eigenvalue weighted by molar-refractivity contribution is -0.00819. The average molecular weight is 427 g/mol. The number of aryl methyl sites for hydroxylation is 1. The van der Waals surface area contributed by atoms with Crippen LogP contribution in [0.4, 0.5) is 4.39 Å². The van der Waals surface area contributed by atoms with Crippen LogP contribution in [0.1, 0.15) is 17.2 Å². The first kappa shape index (κ1) is 22.1. The van der Waals surface area contributed by atoms with Gasteiger partial charge in [0.25, 0.3) is 0 Å². The third-order valence-corrected chi connectivity index (χ3v) is 7.24. The van der Waals surface area contributed by atoms with Crippen LogP contribution in [-0.4, -0.2) is 32.9 Å². The summed E-state index contributed by atoms with van der Waals surface area (Å²) in [7, 11) is -6.14. The molecule has 0 bridgehead atoms. The summed E-state index contributed by atoms with van der Waals surface area (Å²) in [6, 6.07) is 9.25. The van der Waals surface area contributed by atoms with Crippen LogP contribution in [0.3, 0.4) is 0 Å². The Morgan fingerprint density at radius 1 is 1.11 bits per heavy atom. The SMILES string of the molecule is COP(=O)(OC)C(=[N+]=[N-])C(NS(=O)(=O)c1ccc(C)cc1)c1ccc(F)cc1. The van der Waals surface area contributed by atoms with Crippen molar-refractivity contribution in [2.45, 2.75) is 17.9 Å². The van der Waals surface area contributed by atoms with Crippen molar-refractivity contribution in [1.82, 2.24) is 4.72 Å². The highest BCUT2D eigenvalue weighted by Crippen LogP contribution is 2.51. The molecule has 2 rings (SSSR count). The maximum absolute atomic E-state index is 13.3. The van der Waals surface area contributed by atoms with Gasteiger partial charge in [-0.15, -0.1) is 0 Å². The molecule has 28 heavy (non-hydrogen) atoms. The Labute approximate surface area is 162 Å². The van der Waals surface area contributed by atoms with Crippen molar-refractivity contribution in [2.75, 3.05) is 14.2 Å². The number of benzene rings is 2. The van der Waals surface area contributed by atoms with E-state index in [1.807, 2.05) is 0 Å². The largest absolute Gasteiger partial charge is 0.439 e. The number of hydrogen-bond acceptors (Lipinski definition) is 5. The Bertz CT molecular complexity index is 1030. The van der Waals surface area contributed by atoms with Gasteiger partial charge in [-0.3, -0.25) is 0 Å². The zero-order valence-electron chi connectivity index (χ0n) is 15.4. The molecule has 11 heteroatoms. The zero-order valence-corrected chi connectivity index (χ0v) is 17.1. The van der Waals surface area contributed by atoms with Gasteiger partial charge >= 0.3 is 13.0 Å². The summed E-state index contributed by atoms with van der Waals surface area (Å²) >= 11 is 0. The number of nitrogens with zero attached hydrogens (tertiary/aromatic N) is 2. The quantitative estimate of drug-likeness (QED) is 0.300. The average Bonchev–Trinajstić information content (AvgIpc) is 2.68. The van der Waals surface area contributed by atoms with Gasteiger partial charge in [0.15, 0.2) is 6.04 Å². The predicted molar refractivity (Wildman–Crippen MR) is 101 cm³/mol. The molecule has 150 valence electrons. The second kappa shape index (κ2) is 8.87. The molecule has 2 aromatic rings. The minimum Gasteiger partial charge on any atom is -0.361 e. The third-order valence-electron chi connectivity index (χ3n) is 3.93. The third kappa shape index (κ3) is 4.80. The van der Waals surface area contributed by atoms with Crippen molar-refractivity contribution < 1.29 is 31.2 Å². The van der Waals surface area contributed by atoms with Gasteiger partial charge in [-0.05, 0) is 36.8 Å². The van der Waals surface area contributed by atoms with Crippen LogP contribution >= 0.6 is 7.60 Å². The molecule has 1 unspecified atom stereocenters. The van der Waals surface area contributed by atoms with E-state index in [-0.39, 0.29) is 10.5 Å². The lowest BCUT2D eigenvalue weighted by atomic mass is 10.1. The summed E-state index contributed by atoms with van der Waals surface area (Å²) in [6.07, 6.45) is 0. The number of sulfonamides is 1. The van der Waals surface area contributed by atoms with E-state index in [1.54, 1.807) is 19.1 Å². The van der Waals surface area contributed by atoms with Gasteiger partial charge in [-0.25, -0.2) is 17.4 Å². The van der Waals surface area contributed by atoms with Crippen LogP contribution < -0.4 is 4.72 Å². The maximum atomic E-state index is 13.3. The number of nitrogens with one attached hydrogen (secondary N) is 1. The van der Waals surface area contributed by atoms with E-state index in [0.717, 1.165) is 31.9 Å². The fourth-order valence-corrected chi connectivity index (χ4v) is 4.84.